The van der Waals surface area contributed by atoms with Crippen molar-refractivity contribution in [3.63, 3.8) is 0 Å². The van der Waals surface area contributed by atoms with E-state index < -0.39 is 0 Å². The number of halogens is 1. The van der Waals surface area contributed by atoms with Crippen LogP contribution in [0.25, 0.3) is 0 Å². The van der Waals surface area contributed by atoms with E-state index in [4.69, 9.17) is 17.3 Å². The predicted octanol–water partition coefficient (Wildman–Crippen LogP) is 3.91. The molecule has 21 heavy (non-hydrogen) atoms. The lowest BCUT2D eigenvalue weighted by Gasteiger charge is -2.09. The number of anilines is 1. The first-order chi connectivity index (χ1) is 10.2. The lowest BCUT2D eigenvalue weighted by molar-refractivity contribution is 1.04. The number of para-hydroxylation sites is 1. The number of aliphatic imine (C=N–C) groups is 1. The molecule has 4 heteroatoms. The lowest BCUT2D eigenvalue weighted by atomic mass is 10.1. The zero-order chi connectivity index (χ0) is 15.1. The van der Waals surface area contributed by atoms with Gasteiger partial charge in [-0.25, -0.2) is 4.99 Å². The molecule has 0 saturated carbocycles. The van der Waals surface area contributed by atoms with Gasteiger partial charge in [0.2, 0.25) is 0 Å². The van der Waals surface area contributed by atoms with Crippen LogP contribution in [0.3, 0.4) is 0 Å². The van der Waals surface area contributed by atoms with Crippen molar-refractivity contribution in [2.75, 3.05) is 5.32 Å². The second-order valence-electron chi connectivity index (χ2n) is 4.79. The molecule has 0 bridgehead atoms. The maximum Gasteiger partial charge on any atom is 0.193 e. The summed E-state index contributed by atoms with van der Waals surface area (Å²) in [7, 11) is 0. The number of rotatable bonds is 5. The highest BCUT2D eigenvalue weighted by Gasteiger charge is 2.01. The molecule has 0 fully saturated rings. The fraction of sp³-hybridized carbons (Fsp3) is 0.235. The highest BCUT2D eigenvalue weighted by atomic mass is 35.5. The topological polar surface area (TPSA) is 50.4 Å². The molecule has 0 heterocycles. The molecule has 0 atom stereocenters. The average molecular weight is 302 g/mol. The Morgan fingerprint density at radius 3 is 2.67 bits per heavy atom. The number of aryl methyl sites for hydroxylation is 1. The molecule has 0 saturated heterocycles. The molecule has 0 aliphatic rings. The quantitative estimate of drug-likeness (QED) is 0.500. The van der Waals surface area contributed by atoms with E-state index in [1.54, 1.807) is 0 Å². The SMILES string of the molecule is CCc1cccc(CN=C(N)Nc2ccccc2CCl)c1. The summed E-state index contributed by atoms with van der Waals surface area (Å²) in [4.78, 5) is 4.38. The van der Waals surface area contributed by atoms with Crippen molar-refractivity contribution in [3.05, 3.63) is 65.2 Å². The van der Waals surface area contributed by atoms with Crippen LogP contribution in [0.4, 0.5) is 5.69 Å². The van der Waals surface area contributed by atoms with Gasteiger partial charge < -0.3 is 11.1 Å². The van der Waals surface area contributed by atoms with Gasteiger partial charge >= 0.3 is 0 Å². The summed E-state index contributed by atoms with van der Waals surface area (Å²) < 4.78 is 0. The third kappa shape index (κ3) is 4.50. The summed E-state index contributed by atoms with van der Waals surface area (Å²) in [6.45, 7) is 2.71. The van der Waals surface area contributed by atoms with E-state index in [0.29, 0.717) is 18.4 Å². The Hall–Kier alpha value is -2.00. The first kappa shape index (κ1) is 15.4. The van der Waals surface area contributed by atoms with E-state index in [0.717, 1.165) is 23.2 Å². The Labute approximate surface area is 130 Å². The number of alkyl halides is 1. The number of hydrogen-bond donors (Lipinski definition) is 2. The molecule has 0 amide bonds. The van der Waals surface area contributed by atoms with Gasteiger partial charge in [0.1, 0.15) is 0 Å². The van der Waals surface area contributed by atoms with Crippen LogP contribution < -0.4 is 11.1 Å². The van der Waals surface area contributed by atoms with Crippen LogP contribution in [0, 0.1) is 0 Å². The summed E-state index contributed by atoms with van der Waals surface area (Å²) in [5.41, 5.74) is 10.3. The van der Waals surface area contributed by atoms with Gasteiger partial charge in [0.15, 0.2) is 5.96 Å². The smallest absolute Gasteiger partial charge is 0.193 e. The van der Waals surface area contributed by atoms with Crippen molar-refractivity contribution in [2.45, 2.75) is 25.8 Å². The summed E-state index contributed by atoms with van der Waals surface area (Å²) in [6.07, 6.45) is 1.02. The monoisotopic (exact) mass is 301 g/mol. The van der Waals surface area contributed by atoms with Crippen molar-refractivity contribution in [3.8, 4) is 0 Å². The molecular weight excluding hydrogens is 282 g/mol. The normalized spacial score (nSPS) is 11.4. The number of nitrogens with zero attached hydrogens (tertiary/aromatic N) is 1. The molecule has 2 rings (SSSR count). The number of hydrogen-bond acceptors (Lipinski definition) is 1. The Kier molecular flexibility index (Phi) is 5.64. The van der Waals surface area contributed by atoms with Gasteiger partial charge in [-0.3, -0.25) is 0 Å². The number of nitrogens with one attached hydrogen (secondary N) is 1. The van der Waals surface area contributed by atoms with Crippen LogP contribution in [0.15, 0.2) is 53.5 Å². The Balaban J connectivity index is 2.04. The molecule has 2 aromatic rings. The molecule has 0 aromatic heterocycles. The molecule has 0 radical (unpaired) electrons. The van der Waals surface area contributed by atoms with E-state index in [1.165, 1.54) is 5.56 Å². The molecule has 0 spiro atoms. The van der Waals surface area contributed by atoms with Crippen molar-refractivity contribution < 1.29 is 0 Å². The van der Waals surface area contributed by atoms with E-state index in [9.17, 15) is 0 Å². The van der Waals surface area contributed by atoms with Gasteiger partial charge in [-0.15, -0.1) is 11.6 Å². The molecule has 0 aliphatic heterocycles. The standard InChI is InChI=1S/C17H20ClN3/c1-2-13-6-5-7-14(10-13)12-20-17(19)21-16-9-4-3-8-15(16)11-18/h3-10H,2,11-12H2,1H3,(H3,19,20,21). The second-order valence-corrected chi connectivity index (χ2v) is 5.06. The van der Waals surface area contributed by atoms with Gasteiger partial charge in [-0.05, 0) is 29.2 Å². The first-order valence-corrected chi connectivity index (χ1v) is 7.55. The van der Waals surface area contributed by atoms with Gasteiger partial charge in [-0.2, -0.15) is 0 Å². The summed E-state index contributed by atoms with van der Waals surface area (Å²) >= 11 is 5.90. The Morgan fingerprint density at radius 1 is 1.14 bits per heavy atom. The summed E-state index contributed by atoms with van der Waals surface area (Å²) in [5, 5.41) is 3.10. The number of guanidine groups is 1. The maximum absolute atomic E-state index is 5.94. The summed E-state index contributed by atoms with van der Waals surface area (Å²) in [5.74, 6) is 0.837. The Morgan fingerprint density at radius 2 is 1.90 bits per heavy atom. The fourth-order valence-electron chi connectivity index (χ4n) is 2.06. The van der Waals surface area contributed by atoms with Crippen LogP contribution in [-0.4, -0.2) is 5.96 Å². The van der Waals surface area contributed by atoms with Crippen LogP contribution in [0.5, 0.6) is 0 Å². The largest absolute Gasteiger partial charge is 0.370 e. The van der Waals surface area contributed by atoms with Gasteiger partial charge in [0, 0.05) is 11.6 Å². The van der Waals surface area contributed by atoms with Crippen molar-refractivity contribution in [1.29, 1.82) is 0 Å². The molecule has 110 valence electrons. The van der Waals surface area contributed by atoms with Gasteiger partial charge in [0.25, 0.3) is 0 Å². The predicted molar refractivity (Wildman–Crippen MR) is 90.8 cm³/mol. The first-order valence-electron chi connectivity index (χ1n) is 7.01. The van der Waals surface area contributed by atoms with Crippen LogP contribution in [0.2, 0.25) is 0 Å². The molecule has 2 aromatic carbocycles. The van der Waals surface area contributed by atoms with E-state index >= 15 is 0 Å². The second kappa shape index (κ2) is 7.70. The zero-order valence-corrected chi connectivity index (χ0v) is 12.9. The minimum atomic E-state index is 0.398. The van der Waals surface area contributed by atoms with Crippen molar-refractivity contribution in [2.24, 2.45) is 10.7 Å². The van der Waals surface area contributed by atoms with Gasteiger partial charge in [-0.1, -0.05) is 49.4 Å². The minimum Gasteiger partial charge on any atom is -0.370 e. The third-order valence-electron chi connectivity index (χ3n) is 3.26. The van der Waals surface area contributed by atoms with E-state index in [1.807, 2.05) is 24.3 Å². The minimum absolute atomic E-state index is 0.398. The van der Waals surface area contributed by atoms with Gasteiger partial charge in [0.05, 0.1) is 6.54 Å². The van der Waals surface area contributed by atoms with Crippen LogP contribution in [0.1, 0.15) is 23.6 Å². The lowest BCUT2D eigenvalue weighted by Crippen LogP contribution is -2.23. The fourth-order valence-corrected chi connectivity index (χ4v) is 2.29. The van der Waals surface area contributed by atoms with E-state index in [2.05, 4.69) is 41.5 Å². The van der Waals surface area contributed by atoms with E-state index in [-0.39, 0.29) is 0 Å². The number of nitrogens with two attached hydrogens (primary N) is 1. The average Bonchev–Trinajstić information content (AvgIpc) is 2.53. The highest BCUT2D eigenvalue weighted by molar-refractivity contribution is 6.17. The molecular formula is C17H20ClN3. The molecule has 3 nitrogen and oxygen atoms in total. The summed E-state index contributed by atoms with van der Waals surface area (Å²) in [6, 6.07) is 16.2. The maximum atomic E-state index is 5.94. The highest BCUT2D eigenvalue weighted by Crippen LogP contribution is 2.16. The van der Waals surface area contributed by atoms with Crippen molar-refractivity contribution in [1.82, 2.24) is 0 Å². The van der Waals surface area contributed by atoms with Crippen LogP contribution in [-0.2, 0) is 18.8 Å². The van der Waals surface area contributed by atoms with Crippen LogP contribution >= 0.6 is 11.6 Å². The molecule has 0 unspecified atom stereocenters. The van der Waals surface area contributed by atoms with Crippen molar-refractivity contribution >= 4 is 23.2 Å². The third-order valence-corrected chi connectivity index (χ3v) is 3.54. The Bertz CT molecular complexity index is 623. The number of benzene rings is 2. The zero-order valence-electron chi connectivity index (χ0n) is 12.1. The molecule has 3 N–H and O–H groups in total. The molecule has 0 aliphatic carbocycles.